The lowest BCUT2D eigenvalue weighted by atomic mass is 10.1. The summed E-state index contributed by atoms with van der Waals surface area (Å²) < 4.78 is 91.2. The minimum Gasteiger partial charge on any atom is -0.368 e. The predicted molar refractivity (Wildman–Crippen MR) is 354 cm³/mol. The molecule has 0 unspecified atom stereocenters. The van der Waals surface area contributed by atoms with Gasteiger partial charge < -0.3 is 59.1 Å². The van der Waals surface area contributed by atoms with Gasteiger partial charge in [0.15, 0.2) is 45.9 Å². The molecule has 4 fully saturated rings. The maximum atomic E-state index is 13.2. The number of nitrogens with one attached hydrogen (secondary N) is 4. The van der Waals surface area contributed by atoms with E-state index in [0.29, 0.717) is 92.5 Å². The first-order valence-corrected chi connectivity index (χ1v) is 31.2. The highest BCUT2D eigenvalue weighted by Gasteiger charge is 2.38. The fraction of sp³-hybridized carbons (Fsp3) is 0.317. The highest BCUT2D eigenvalue weighted by molar-refractivity contribution is 5.85. The maximum Gasteiger partial charge on any atom is 0.419 e. The summed E-state index contributed by atoms with van der Waals surface area (Å²) in [7, 11) is 0. The molecule has 28 nitrogen and oxygen atoms in total. The molecule has 9 aromatic heterocycles. The van der Waals surface area contributed by atoms with Crippen LogP contribution in [0.2, 0.25) is 0 Å². The lowest BCUT2D eigenvalue weighted by molar-refractivity contribution is -0.384. The van der Waals surface area contributed by atoms with Gasteiger partial charge in [0.25, 0.3) is 5.69 Å². The van der Waals surface area contributed by atoms with Crippen LogP contribution >= 0.6 is 0 Å². The number of aromatic nitrogens is 17. The number of anilines is 8. The summed E-state index contributed by atoms with van der Waals surface area (Å²) in [5, 5.41) is 11.3. The molecule has 98 heavy (non-hydrogen) atoms. The fourth-order valence-electron chi connectivity index (χ4n) is 12.3. The number of benzene rings is 3. The van der Waals surface area contributed by atoms with Crippen molar-refractivity contribution in [2.75, 3.05) is 144 Å². The molecule has 4 aliphatic rings. The quantitative estimate of drug-likeness (QED) is 0.0596. The Bertz CT molecular complexity index is 4710. The minimum absolute atomic E-state index is 0.0241. The van der Waals surface area contributed by atoms with Crippen molar-refractivity contribution in [2.45, 2.75) is 26.2 Å². The number of nitro groups is 1. The van der Waals surface area contributed by atoms with Crippen LogP contribution in [0.4, 0.5) is 82.6 Å². The zero-order chi connectivity index (χ0) is 68.1. The predicted octanol–water partition coefficient (Wildman–Crippen LogP) is 8.81. The molecule has 0 amide bonds. The first-order valence-electron chi connectivity index (χ1n) is 31.2. The van der Waals surface area contributed by atoms with Crippen LogP contribution in [0.15, 0.2) is 130 Å². The molecule has 4 N–H and O–H groups in total. The third-order valence-corrected chi connectivity index (χ3v) is 17.3. The second kappa shape index (κ2) is 28.0. The molecular formula is C63H63F7N26O2. The van der Waals surface area contributed by atoms with Gasteiger partial charge in [0.2, 0.25) is 0 Å². The van der Waals surface area contributed by atoms with E-state index in [-0.39, 0.29) is 17.3 Å². The van der Waals surface area contributed by atoms with Gasteiger partial charge in [-0.25, -0.2) is 69.2 Å². The van der Waals surface area contributed by atoms with Gasteiger partial charge in [0, 0.05) is 128 Å². The molecule has 16 rings (SSSR count). The average Bonchev–Trinajstić information content (AvgIpc) is 1.26. The molecule has 3 aromatic carbocycles. The van der Waals surface area contributed by atoms with E-state index < -0.39 is 34.1 Å². The minimum atomic E-state index is -4.63. The van der Waals surface area contributed by atoms with Gasteiger partial charge in [0.1, 0.15) is 64.7 Å². The van der Waals surface area contributed by atoms with Crippen molar-refractivity contribution in [3.63, 3.8) is 0 Å². The molecule has 13 heterocycles. The molecule has 4 saturated heterocycles. The van der Waals surface area contributed by atoms with E-state index in [0.717, 1.165) is 110 Å². The van der Waals surface area contributed by atoms with Crippen LogP contribution in [0.25, 0.3) is 44.7 Å². The first-order chi connectivity index (χ1) is 47.4. The highest BCUT2D eigenvalue weighted by atomic mass is 19.4. The largest absolute Gasteiger partial charge is 0.419 e. The van der Waals surface area contributed by atoms with Crippen molar-refractivity contribution in [1.82, 2.24) is 84.7 Å². The number of aromatic amines is 4. The molecule has 506 valence electrons. The maximum absolute atomic E-state index is 13.2. The van der Waals surface area contributed by atoms with E-state index in [4.69, 9.17) is 0 Å². The first kappa shape index (κ1) is 65.0. The summed E-state index contributed by atoms with van der Waals surface area (Å²) in [6.07, 6.45) is 4.69. The van der Waals surface area contributed by atoms with Gasteiger partial charge in [0.05, 0.1) is 41.4 Å². The molecular weight excluding hydrogens is 1290 g/mol. The normalized spacial score (nSPS) is 15.5. The summed E-state index contributed by atoms with van der Waals surface area (Å²) >= 11 is 0. The van der Waals surface area contributed by atoms with E-state index in [1.54, 1.807) is 41.4 Å². The Morgan fingerprint density at radius 1 is 0.408 bits per heavy atom. The Labute approximate surface area is 552 Å². The second-order valence-corrected chi connectivity index (χ2v) is 23.2. The number of hydrogen-bond donors (Lipinski definition) is 4. The molecule has 0 radical (unpaired) electrons. The van der Waals surface area contributed by atoms with Crippen LogP contribution < -0.4 is 39.2 Å². The zero-order valence-electron chi connectivity index (χ0n) is 52.7. The van der Waals surface area contributed by atoms with Crippen molar-refractivity contribution in [2.24, 2.45) is 0 Å². The topological polar surface area (TPSA) is 300 Å². The van der Waals surface area contributed by atoms with E-state index in [2.05, 4.69) is 136 Å². The third kappa shape index (κ3) is 14.2. The van der Waals surface area contributed by atoms with Crippen LogP contribution in [0.3, 0.4) is 0 Å². The van der Waals surface area contributed by atoms with E-state index >= 15 is 0 Å². The number of halogens is 7. The summed E-state index contributed by atoms with van der Waals surface area (Å²) in [6, 6.07) is 18.3. The van der Waals surface area contributed by atoms with Crippen LogP contribution in [0.1, 0.15) is 22.3 Å². The number of rotatable bonds is 9. The Balaban J connectivity index is 0.000000118. The number of H-pyrrole nitrogens is 4. The fourth-order valence-corrected chi connectivity index (χ4v) is 12.3. The van der Waals surface area contributed by atoms with E-state index in [1.165, 1.54) is 60.2 Å². The number of imidazole rings is 4. The smallest absolute Gasteiger partial charge is 0.368 e. The number of pyridine rings is 1. The summed E-state index contributed by atoms with van der Waals surface area (Å²) in [6.45, 7) is 15.3. The Kier molecular flexibility index (Phi) is 18.5. The van der Waals surface area contributed by atoms with Crippen LogP contribution in [0.5, 0.6) is 0 Å². The molecule has 0 atom stereocenters. The third-order valence-electron chi connectivity index (χ3n) is 17.3. The van der Waals surface area contributed by atoms with Crippen molar-refractivity contribution in [3.8, 4) is 0 Å². The molecule has 12 aromatic rings. The average molecular weight is 1350 g/mol. The number of piperazine rings is 4. The molecule has 0 bridgehead atoms. The number of alkyl halides is 6. The zero-order valence-corrected chi connectivity index (χ0v) is 52.7. The van der Waals surface area contributed by atoms with Gasteiger partial charge in [-0.1, -0.05) is 12.1 Å². The van der Waals surface area contributed by atoms with Crippen molar-refractivity contribution in [1.29, 1.82) is 0 Å². The number of aryl methyl sites for hydroxylation is 2. The standard InChI is InChI=1S/C17H20N6.C16H14F3N7O2.C15H14F3N7.C15H15FN6/c1-12-3-4-13(2)14(9-12)22-5-7-23(8-6-22)17-15-16(19-10-18-15)20-11-21-17;17-16(18,19)10-1-2-11(12(7-10)26(27)28)24-3-5-25(6-4-24)15-13-14(21-8-20-13)22-9-23-15;16-15(17,18)10-2-1-3-19-13(10)24-4-6-25(7-5-24)14-11-12(21-8-20-11)22-9-23-14;16-11-1-3-12(4-2-11)21-5-7-22(8-6-21)15-13-14(18-9-17-13)19-10-20-15/h3-4,9-11H,5-8H2,1-2H3,(H,18,19,20,21);1-2,7-9H,3-6H2,(H,20,21,22,23);1-3,8-9H,4-7H2,(H,20,21,22,23);1-4,9-10H,5-8H2,(H,17,18,19,20). The van der Waals surface area contributed by atoms with Gasteiger partial charge in [-0.3, -0.25) is 10.1 Å². The molecule has 35 heteroatoms. The van der Waals surface area contributed by atoms with Gasteiger partial charge >= 0.3 is 12.4 Å². The second-order valence-electron chi connectivity index (χ2n) is 23.2. The number of nitro benzene ring substituents is 1. The van der Waals surface area contributed by atoms with Gasteiger partial charge in [-0.2, -0.15) is 26.3 Å². The lowest BCUT2D eigenvalue weighted by Gasteiger charge is -2.37. The molecule has 0 saturated carbocycles. The highest BCUT2D eigenvalue weighted by Crippen LogP contribution is 2.39. The SMILES string of the molecule is Cc1ccc(C)c(N2CCN(c3ncnc4nc[nH]c34)CC2)c1.FC(F)(F)c1cccnc1N1CCN(c2ncnc3nc[nH]c23)CC1.Fc1ccc(N2CCN(c3ncnc4nc[nH]c34)CC2)cc1.O=[N+]([O-])c1cc(C(F)(F)F)ccc1N1CCN(c2ncnc3nc[nH]c23)CC1. The lowest BCUT2D eigenvalue weighted by Crippen LogP contribution is -2.47. The Hall–Kier alpha value is -11.7. The number of fused-ring (bicyclic) bond motifs is 4. The number of nitrogens with zero attached hydrogens (tertiary/aromatic N) is 22. The molecule has 0 spiro atoms. The van der Waals surface area contributed by atoms with Crippen LogP contribution in [0, 0.1) is 29.8 Å². The van der Waals surface area contributed by atoms with Crippen molar-refractivity contribution in [3.05, 3.63) is 168 Å². The van der Waals surface area contributed by atoms with Crippen molar-refractivity contribution >= 4 is 96.5 Å². The Morgan fingerprint density at radius 2 is 0.796 bits per heavy atom. The van der Waals surface area contributed by atoms with Gasteiger partial charge in [-0.15, -0.1) is 0 Å². The number of hydrogen-bond acceptors (Lipinski definition) is 23. The summed E-state index contributed by atoms with van der Waals surface area (Å²) in [5.41, 5.74) is 8.64. The molecule has 0 aliphatic carbocycles. The van der Waals surface area contributed by atoms with Gasteiger partial charge in [-0.05, 0) is 79.6 Å². The molecule has 4 aliphatic heterocycles. The van der Waals surface area contributed by atoms with Crippen LogP contribution in [-0.4, -0.2) is 194 Å². The van der Waals surface area contributed by atoms with E-state index in [1.807, 2.05) is 21.9 Å². The van der Waals surface area contributed by atoms with Crippen LogP contribution in [-0.2, 0) is 12.4 Å². The Morgan fingerprint density at radius 3 is 1.19 bits per heavy atom. The summed E-state index contributed by atoms with van der Waals surface area (Å²) in [5.74, 6) is 2.99. The van der Waals surface area contributed by atoms with E-state index in [9.17, 15) is 40.8 Å². The van der Waals surface area contributed by atoms with Crippen molar-refractivity contribution < 1.29 is 35.7 Å². The summed E-state index contributed by atoms with van der Waals surface area (Å²) in [4.78, 5) is 93.8. The monoisotopic (exact) mass is 1350 g/mol.